The number of carbonyl (C=O) groups is 1. The number of amides is 1. The lowest BCUT2D eigenvalue weighted by molar-refractivity contribution is 0.0953. The number of hydrogen-bond acceptors (Lipinski definition) is 4. The quantitative estimate of drug-likeness (QED) is 0.850. The van der Waals surface area contributed by atoms with Gasteiger partial charge in [0.2, 0.25) is 5.89 Å². The summed E-state index contributed by atoms with van der Waals surface area (Å²) in [6, 6.07) is 7.08. The van der Waals surface area contributed by atoms with Gasteiger partial charge in [-0.25, -0.2) is 4.98 Å². The second kappa shape index (κ2) is 7.47. The molecule has 1 aromatic heterocycles. The number of aromatic nitrogens is 1. The van der Waals surface area contributed by atoms with Gasteiger partial charge in [0.05, 0.1) is 6.20 Å². The standard InChI is InChI=1S/C16H20N2O3/c1-3-8-17-16(19)12-6-5-7-14(9-12)20-11-15-18-10-13(4-2)21-15/h5-7,9-10H,3-4,8,11H2,1-2H3,(H,17,19). The number of oxazole rings is 1. The van der Waals surface area contributed by atoms with Crippen LogP contribution in [0, 0.1) is 0 Å². The van der Waals surface area contributed by atoms with Crippen molar-refractivity contribution in [3.05, 3.63) is 47.7 Å². The summed E-state index contributed by atoms with van der Waals surface area (Å²) in [6.45, 7) is 4.93. The molecule has 0 fully saturated rings. The number of hydrogen-bond donors (Lipinski definition) is 1. The lowest BCUT2D eigenvalue weighted by atomic mass is 10.2. The Kier molecular flexibility index (Phi) is 5.37. The van der Waals surface area contributed by atoms with Gasteiger partial charge in [0.15, 0.2) is 6.61 Å². The minimum atomic E-state index is -0.0910. The third kappa shape index (κ3) is 4.34. The highest BCUT2D eigenvalue weighted by atomic mass is 16.5. The van der Waals surface area contributed by atoms with E-state index in [4.69, 9.17) is 9.15 Å². The zero-order valence-electron chi connectivity index (χ0n) is 12.4. The second-order valence-corrected chi connectivity index (χ2v) is 4.65. The summed E-state index contributed by atoms with van der Waals surface area (Å²) in [7, 11) is 0. The van der Waals surface area contributed by atoms with Gasteiger partial charge in [-0.3, -0.25) is 4.79 Å². The maximum absolute atomic E-state index is 11.9. The fourth-order valence-electron chi connectivity index (χ4n) is 1.79. The molecule has 21 heavy (non-hydrogen) atoms. The molecule has 2 aromatic rings. The minimum Gasteiger partial charge on any atom is -0.484 e. The zero-order valence-corrected chi connectivity index (χ0v) is 12.4. The van der Waals surface area contributed by atoms with Crippen LogP contribution in [0.1, 0.15) is 42.3 Å². The summed E-state index contributed by atoms with van der Waals surface area (Å²) in [4.78, 5) is 16.0. The Morgan fingerprint density at radius 2 is 2.24 bits per heavy atom. The number of aryl methyl sites for hydroxylation is 1. The average Bonchev–Trinajstić information content (AvgIpc) is 2.99. The second-order valence-electron chi connectivity index (χ2n) is 4.65. The highest BCUT2D eigenvalue weighted by Gasteiger charge is 2.07. The molecular formula is C16H20N2O3. The molecule has 1 amide bonds. The molecule has 5 nitrogen and oxygen atoms in total. The van der Waals surface area contributed by atoms with E-state index >= 15 is 0 Å². The summed E-state index contributed by atoms with van der Waals surface area (Å²) in [5.74, 6) is 1.90. The Balaban J connectivity index is 1.95. The lowest BCUT2D eigenvalue weighted by Gasteiger charge is -2.07. The van der Waals surface area contributed by atoms with Crippen molar-refractivity contribution in [1.82, 2.24) is 10.3 Å². The molecule has 112 valence electrons. The van der Waals surface area contributed by atoms with Gasteiger partial charge in [0, 0.05) is 18.5 Å². The Morgan fingerprint density at radius 3 is 2.95 bits per heavy atom. The molecule has 5 heteroatoms. The summed E-state index contributed by atoms with van der Waals surface area (Å²) < 4.78 is 11.1. The van der Waals surface area contributed by atoms with Crippen LogP contribution in [-0.2, 0) is 13.0 Å². The fraction of sp³-hybridized carbons (Fsp3) is 0.375. The van der Waals surface area contributed by atoms with E-state index in [2.05, 4.69) is 10.3 Å². The van der Waals surface area contributed by atoms with Gasteiger partial charge in [-0.15, -0.1) is 0 Å². The van der Waals surface area contributed by atoms with Crippen LogP contribution in [-0.4, -0.2) is 17.4 Å². The summed E-state index contributed by atoms with van der Waals surface area (Å²) in [5.41, 5.74) is 0.586. The van der Waals surface area contributed by atoms with E-state index < -0.39 is 0 Å². The first kappa shape index (κ1) is 15.1. The predicted octanol–water partition coefficient (Wildman–Crippen LogP) is 2.96. The Morgan fingerprint density at radius 1 is 1.38 bits per heavy atom. The van der Waals surface area contributed by atoms with E-state index in [-0.39, 0.29) is 12.5 Å². The van der Waals surface area contributed by atoms with Gasteiger partial charge in [-0.05, 0) is 24.6 Å². The molecular weight excluding hydrogens is 268 g/mol. The van der Waals surface area contributed by atoms with Gasteiger partial charge in [0.25, 0.3) is 5.91 Å². The molecule has 1 aromatic carbocycles. The molecule has 0 bridgehead atoms. The van der Waals surface area contributed by atoms with E-state index in [1.807, 2.05) is 13.8 Å². The molecule has 0 aliphatic carbocycles. The number of rotatable bonds is 7. The zero-order chi connectivity index (χ0) is 15.1. The number of nitrogens with one attached hydrogen (secondary N) is 1. The third-order valence-electron chi connectivity index (χ3n) is 2.94. The van der Waals surface area contributed by atoms with Crippen molar-refractivity contribution >= 4 is 5.91 Å². The minimum absolute atomic E-state index is 0.0910. The van der Waals surface area contributed by atoms with Crippen LogP contribution in [0.25, 0.3) is 0 Å². The van der Waals surface area contributed by atoms with Crippen molar-refractivity contribution < 1.29 is 13.9 Å². The summed E-state index contributed by atoms with van der Waals surface area (Å²) >= 11 is 0. The van der Waals surface area contributed by atoms with Crippen molar-refractivity contribution in [2.45, 2.75) is 33.3 Å². The van der Waals surface area contributed by atoms with E-state index in [0.717, 1.165) is 18.6 Å². The first-order valence-corrected chi connectivity index (χ1v) is 7.17. The molecule has 0 aliphatic rings. The SMILES string of the molecule is CCCNC(=O)c1cccc(OCc2ncc(CC)o2)c1. The third-order valence-corrected chi connectivity index (χ3v) is 2.94. The highest BCUT2D eigenvalue weighted by molar-refractivity contribution is 5.94. The van der Waals surface area contributed by atoms with Gasteiger partial charge in [-0.1, -0.05) is 19.9 Å². The normalized spacial score (nSPS) is 10.4. The lowest BCUT2D eigenvalue weighted by Crippen LogP contribution is -2.23. The molecule has 1 heterocycles. The van der Waals surface area contributed by atoms with E-state index in [1.165, 1.54) is 0 Å². The Hall–Kier alpha value is -2.30. The summed E-state index contributed by atoms with van der Waals surface area (Å²) in [5, 5.41) is 2.84. The van der Waals surface area contributed by atoms with Crippen LogP contribution in [0.3, 0.4) is 0 Å². The molecule has 0 saturated carbocycles. The van der Waals surface area contributed by atoms with Crippen LogP contribution in [0.15, 0.2) is 34.9 Å². The van der Waals surface area contributed by atoms with Gasteiger partial charge in [0.1, 0.15) is 11.5 Å². The van der Waals surface area contributed by atoms with Crippen LogP contribution in [0.4, 0.5) is 0 Å². The molecule has 0 atom stereocenters. The number of ether oxygens (including phenoxy) is 1. The smallest absolute Gasteiger partial charge is 0.251 e. The molecule has 0 unspecified atom stereocenters. The number of nitrogens with zero attached hydrogens (tertiary/aromatic N) is 1. The maximum atomic E-state index is 11.9. The van der Waals surface area contributed by atoms with Crippen LogP contribution < -0.4 is 10.1 Å². The van der Waals surface area contributed by atoms with E-state index in [1.54, 1.807) is 30.5 Å². The number of carbonyl (C=O) groups excluding carboxylic acids is 1. The summed E-state index contributed by atoms with van der Waals surface area (Å²) in [6.07, 6.45) is 3.42. The first-order chi connectivity index (χ1) is 10.2. The Bertz CT molecular complexity index is 593. The van der Waals surface area contributed by atoms with E-state index in [9.17, 15) is 4.79 Å². The fourth-order valence-corrected chi connectivity index (χ4v) is 1.79. The van der Waals surface area contributed by atoms with E-state index in [0.29, 0.717) is 23.7 Å². The molecule has 0 aliphatic heterocycles. The van der Waals surface area contributed by atoms with Crippen molar-refractivity contribution in [2.24, 2.45) is 0 Å². The largest absolute Gasteiger partial charge is 0.484 e. The highest BCUT2D eigenvalue weighted by Crippen LogP contribution is 2.15. The van der Waals surface area contributed by atoms with Crippen LogP contribution >= 0.6 is 0 Å². The molecule has 1 N–H and O–H groups in total. The molecule has 0 saturated heterocycles. The monoisotopic (exact) mass is 288 g/mol. The molecule has 0 spiro atoms. The predicted molar refractivity (Wildman–Crippen MR) is 79.3 cm³/mol. The van der Waals surface area contributed by atoms with Gasteiger partial charge >= 0.3 is 0 Å². The first-order valence-electron chi connectivity index (χ1n) is 7.17. The number of benzene rings is 1. The van der Waals surface area contributed by atoms with Crippen molar-refractivity contribution in [2.75, 3.05) is 6.54 Å². The van der Waals surface area contributed by atoms with Gasteiger partial charge < -0.3 is 14.5 Å². The maximum Gasteiger partial charge on any atom is 0.251 e. The van der Waals surface area contributed by atoms with Crippen LogP contribution in [0.2, 0.25) is 0 Å². The van der Waals surface area contributed by atoms with Gasteiger partial charge in [-0.2, -0.15) is 0 Å². The van der Waals surface area contributed by atoms with Crippen LogP contribution in [0.5, 0.6) is 5.75 Å². The topological polar surface area (TPSA) is 64.4 Å². The van der Waals surface area contributed by atoms with Crippen molar-refractivity contribution in [3.8, 4) is 5.75 Å². The Labute approximate surface area is 124 Å². The molecule has 0 radical (unpaired) electrons. The van der Waals surface area contributed by atoms with Crippen molar-refractivity contribution in [1.29, 1.82) is 0 Å². The van der Waals surface area contributed by atoms with Crippen molar-refractivity contribution in [3.63, 3.8) is 0 Å². The molecule has 2 rings (SSSR count). The average molecular weight is 288 g/mol.